The number of para-hydroxylation sites is 1. The van der Waals surface area contributed by atoms with Gasteiger partial charge in [-0.2, -0.15) is 0 Å². The van der Waals surface area contributed by atoms with Crippen molar-refractivity contribution >= 4 is 40.3 Å². The zero-order valence-corrected chi connectivity index (χ0v) is 14.3. The first-order chi connectivity index (χ1) is 12.5. The summed E-state index contributed by atoms with van der Waals surface area (Å²) >= 11 is 1.12. The normalized spacial score (nSPS) is 16.7. The Bertz CT molecular complexity index is 941. The summed E-state index contributed by atoms with van der Waals surface area (Å²) in [6.45, 7) is 0. The van der Waals surface area contributed by atoms with Gasteiger partial charge in [0.2, 0.25) is 5.75 Å². The Hall–Kier alpha value is -3.33. The maximum Gasteiger partial charge on any atom is 0.315 e. The number of nitrogens with one attached hydrogen (secondary N) is 1. The number of ether oxygens (including phenoxy) is 1. The molecule has 0 saturated carbocycles. The molecule has 1 aliphatic heterocycles. The molecule has 2 aromatic carbocycles. The smallest absolute Gasteiger partial charge is 0.315 e. The lowest BCUT2D eigenvalue weighted by molar-refractivity contribution is -0.386. The van der Waals surface area contributed by atoms with Crippen LogP contribution in [0.4, 0.5) is 11.4 Å². The minimum Gasteiger partial charge on any atom is -0.500 e. The van der Waals surface area contributed by atoms with E-state index in [1.807, 2.05) is 18.2 Å². The topological polar surface area (TPSA) is 114 Å². The molecule has 0 unspecified atom stereocenters. The van der Waals surface area contributed by atoms with Crippen molar-refractivity contribution in [1.29, 1.82) is 0 Å². The minimum atomic E-state index is -0.718. The van der Waals surface area contributed by atoms with E-state index in [1.54, 1.807) is 12.1 Å². The Morgan fingerprint density at radius 2 is 2.04 bits per heavy atom. The van der Waals surface area contributed by atoms with Crippen molar-refractivity contribution in [2.24, 2.45) is 4.99 Å². The fourth-order valence-electron chi connectivity index (χ4n) is 2.24. The number of thioether (sulfide) groups is 1. The van der Waals surface area contributed by atoms with Crippen LogP contribution in [0.3, 0.4) is 0 Å². The molecule has 1 heterocycles. The molecule has 0 aromatic heterocycles. The van der Waals surface area contributed by atoms with Gasteiger partial charge in [-0.1, -0.05) is 18.2 Å². The van der Waals surface area contributed by atoms with Crippen molar-refractivity contribution in [2.45, 2.75) is 0 Å². The predicted molar refractivity (Wildman–Crippen MR) is 98.6 cm³/mol. The van der Waals surface area contributed by atoms with Gasteiger partial charge in [0.15, 0.2) is 10.9 Å². The molecule has 0 atom stereocenters. The Labute approximate surface area is 152 Å². The van der Waals surface area contributed by atoms with Gasteiger partial charge < -0.3 is 15.2 Å². The van der Waals surface area contributed by atoms with E-state index in [4.69, 9.17) is 4.74 Å². The third kappa shape index (κ3) is 3.67. The van der Waals surface area contributed by atoms with Crippen molar-refractivity contribution in [3.63, 3.8) is 0 Å². The van der Waals surface area contributed by atoms with E-state index in [1.165, 1.54) is 25.3 Å². The molecule has 2 aromatic rings. The average molecular weight is 371 g/mol. The minimum absolute atomic E-state index is 0.0485. The third-order valence-corrected chi connectivity index (χ3v) is 4.34. The van der Waals surface area contributed by atoms with Gasteiger partial charge in [-0.05, 0) is 41.6 Å². The highest BCUT2D eigenvalue weighted by molar-refractivity contribution is 8.18. The molecular weight excluding hydrogens is 358 g/mol. The van der Waals surface area contributed by atoms with Crippen LogP contribution in [-0.4, -0.2) is 28.2 Å². The summed E-state index contributed by atoms with van der Waals surface area (Å²) in [7, 11) is 1.29. The van der Waals surface area contributed by atoms with Crippen molar-refractivity contribution in [2.75, 3.05) is 7.11 Å². The van der Waals surface area contributed by atoms with Crippen LogP contribution in [0.1, 0.15) is 5.56 Å². The number of phenolic OH excluding ortho intramolecular Hbond substituents is 1. The number of nitro benzene ring substituents is 1. The molecule has 0 aliphatic carbocycles. The molecule has 1 aliphatic rings. The average Bonchev–Trinajstić information content (AvgIpc) is 2.96. The van der Waals surface area contributed by atoms with Gasteiger partial charge in [-0.25, -0.2) is 4.99 Å². The van der Waals surface area contributed by atoms with Gasteiger partial charge in [0.05, 0.1) is 22.6 Å². The second-order valence-corrected chi connectivity index (χ2v) is 6.20. The monoisotopic (exact) mass is 371 g/mol. The maximum atomic E-state index is 12.1. The molecule has 26 heavy (non-hydrogen) atoms. The van der Waals surface area contributed by atoms with Crippen molar-refractivity contribution in [1.82, 2.24) is 5.32 Å². The maximum absolute atomic E-state index is 12.1. The molecular formula is C17H13N3O5S. The van der Waals surface area contributed by atoms with E-state index < -0.39 is 16.4 Å². The summed E-state index contributed by atoms with van der Waals surface area (Å²) in [5.41, 5.74) is 0.543. The number of carbonyl (C=O) groups is 1. The van der Waals surface area contributed by atoms with Crippen LogP contribution >= 0.6 is 11.8 Å². The van der Waals surface area contributed by atoms with Crippen LogP contribution in [0.25, 0.3) is 6.08 Å². The quantitative estimate of drug-likeness (QED) is 0.485. The van der Waals surface area contributed by atoms with E-state index in [0.29, 0.717) is 21.3 Å². The zero-order chi connectivity index (χ0) is 18.7. The number of aromatic hydroxyl groups is 1. The third-order valence-electron chi connectivity index (χ3n) is 3.43. The van der Waals surface area contributed by atoms with E-state index in [2.05, 4.69) is 10.3 Å². The van der Waals surface area contributed by atoms with Gasteiger partial charge in [-0.15, -0.1) is 0 Å². The molecule has 9 heteroatoms. The predicted octanol–water partition coefficient (Wildman–Crippen LogP) is 3.20. The summed E-state index contributed by atoms with van der Waals surface area (Å²) in [6.07, 6.45) is 1.47. The highest BCUT2D eigenvalue weighted by Gasteiger charge is 2.25. The summed E-state index contributed by atoms with van der Waals surface area (Å²) < 4.78 is 4.95. The number of nitro groups is 1. The van der Waals surface area contributed by atoms with Gasteiger partial charge in [0.1, 0.15) is 0 Å². The Morgan fingerprint density at radius 1 is 1.31 bits per heavy atom. The molecule has 0 radical (unpaired) electrons. The largest absolute Gasteiger partial charge is 0.500 e. The summed E-state index contributed by atoms with van der Waals surface area (Å²) in [5, 5.41) is 23.9. The Balaban J connectivity index is 1.93. The number of benzene rings is 2. The number of hydrogen-bond donors (Lipinski definition) is 2. The molecule has 3 rings (SSSR count). The number of methoxy groups -OCH3 is 1. The highest BCUT2D eigenvalue weighted by Crippen LogP contribution is 2.38. The van der Waals surface area contributed by atoms with Gasteiger partial charge in [0, 0.05) is 6.07 Å². The number of rotatable bonds is 4. The molecule has 0 bridgehead atoms. The van der Waals surface area contributed by atoms with Crippen LogP contribution in [-0.2, 0) is 4.79 Å². The molecule has 1 fully saturated rings. The fraction of sp³-hybridized carbons (Fsp3) is 0.0588. The van der Waals surface area contributed by atoms with E-state index in [0.717, 1.165) is 11.8 Å². The van der Waals surface area contributed by atoms with Crippen molar-refractivity contribution < 1.29 is 19.6 Å². The van der Waals surface area contributed by atoms with Gasteiger partial charge in [0.25, 0.3) is 5.91 Å². The molecule has 0 spiro atoms. The Morgan fingerprint density at radius 3 is 2.69 bits per heavy atom. The first-order valence-corrected chi connectivity index (χ1v) is 8.19. The molecule has 8 nitrogen and oxygen atoms in total. The summed E-state index contributed by atoms with van der Waals surface area (Å²) in [6, 6.07) is 11.7. The first kappa shape index (κ1) is 17.5. The second kappa shape index (κ2) is 7.28. The van der Waals surface area contributed by atoms with Gasteiger partial charge >= 0.3 is 5.69 Å². The van der Waals surface area contributed by atoms with Crippen LogP contribution in [0.2, 0.25) is 0 Å². The lowest BCUT2D eigenvalue weighted by Gasteiger charge is -2.05. The first-order valence-electron chi connectivity index (χ1n) is 7.38. The van der Waals surface area contributed by atoms with Crippen LogP contribution in [0.15, 0.2) is 52.4 Å². The van der Waals surface area contributed by atoms with E-state index in [9.17, 15) is 20.0 Å². The lowest BCUT2D eigenvalue weighted by atomic mass is 10.1. The second-order valence-electron chi connectivity index (χ2n) is 5.17. The number of phenols is 1. The van der Waals surface area contributed by atoms with Crippen LogP contribution < -0.4 is 10.1 Å². The van der Waals surface area contributed by atoms with Gasteiger partial charge in [-0.3, -0.25) is 14.9 Å². The van der Waals surface area contributed by atoms with Crippen molar-refractivity contribution in [3.8, 4) is 11.5 Å². The van der Waals surface area contributed by atoms with Crippen LogP contribution in [0.5, 0.6) is 11.5 Å². The zero-order valence-electron chi connectivity index (χ0n) is 13.5. The number of amides is 1. The number of carbonyl (C=O) groups excluding carboxylic acids is 1. The lowest BCUT2D eigenvalue weighted by Crippen LogP contribution is -2.19. The summed E-state index contributed by atoms with van der Waals surface area (Å²) in [4.78, 5) is 27.1. The van der Waals surface area contributed by atoms with E-state index in [-0.39, 0.29) is 11.7 Å². The fourth-order valence-corrected chi connectivity index (χ4v) is 3.09. The number of amidine groups is 1. The molecule has 1 saturated heterocycles. The standard InChI is InChI=1S/C17H13N3O5S/c1-25-13-8-10(7-12(15(13)21)20(23)24)9-14-16(22)19-17(26-14)18-11-5-3-2-4-6-11/h2-9,21H,1H3,(H,18,19,22)/b14-9-. The molecule has 132 valence electrons. The number of hydrogen-bond acceptors (Lipinski definition) is 7. The van der Waals surface area contributed by atoms with Crippen LogP contribution in [0, 0.1) is 10.1 Å². The summed E-state index contributed by atoms with van der Waals surface area (Å²) in [5.74, 6) is -0.971. The molecule has 1 amide bonds. The Kier molecular flexibility index (Phi) is 4.90. The SMILES string of the molecule is COc1cc(/C=C2\SC(=Nc3ccccc3)NC2=O)cc([N+](=O)[O-])c1O. The van der Waals surface area contributed by atoms with E-state index >= 15 is 0 Å². The number of aliphatic imine (C=N–C) groups is 1. The highest BCUT2D eigenvalue weighted by atomic mass is 32.2. The number of nitrogens with zero attached hydrogens (tertiary/aromatic N) is 2. The molecule has 2 N–H and O–H groups in total. The van der Waals surface area contributed by atoms with Crippen molar-refractivity contribution in [3.05, 3.63) is 63.0 Å².